The molecule has 138 valence electrons. The molecule has 0 bridgehead atoms. The molecular formula is C19H13BrF3N3O. The maximum absolute atomic E-state index is 12.9. The second kappa shape index (κ2) is 7.79. The van der Waals surface area contributed by atoms with Crippen molar-refractivity contribution in [2.75, 3.05) is 10.6 Å². The molecule has 1 aromatic heterocycles. The van der Waals surface area contributed by atoms with E-state index in [1.165, 1.54) is 24.4 Å². The number of nitrogens with one attached hydrogen (secondary N) is 2. The van der Waals surface area contributed by atoms with Gasteiger partial charge in [0.1, 0.15) is 5.82 Å². The molecule has 0 radical (unpaired) electrons. The molecule has 0 unspecified atom stereocenters. The predicted molar refractivity (Wildman–Crippen MR) is 101 cm³/mol. The second-order valence-electron chi connectivity index (χ2n) is 5.54. The van der Waals surface area contributed by atoms with Crippen LogP contribution in [0.15, 0.2) is 71.3 Å². The van der Waals surface area contributed by atoms with Crippen LogP contribution in [0.25, 0.3) is 0 Å². The lowest BCUT2D eigenvalue weighted by Crippen LogP contribution is -2.15. The number of rotatable bonds is 4. The lowest BCUT2D eigenvalue weighted by Gasteiger charge is -2.13. The smallest absolute Gasteiger partial charge is 0.340 e. The van der Waals surface area contributed by atoms with Crippen molar-refractivity contribution in [3.05, 3.63) is 82.5 Å². The van der Waals surface area contributed by atoms with Gasteiger partial charge in [0.25, 0.3) is 5.91 Å². The van der Waals surface area contributed by atoms with Gasteiger partial charge in [-0.15, -0.1) is 0 Å². The van der Waals surface area contributed by atoms with E-state index >= 15 is 0 Å². The van der Waals surface area contributed by atoms with E-state index in [1.54, 1.807) is 24.3 Å². The van der Waals surface area contributed by atoms with E-state index in [2.05, 4.69) is 31.5 Å². The van der Waals surface area contributed by atoms with Crippen molar-refractivity contribution in [2.45, 2.75) is 6.18 Å². The normalized spacial score (nSPS) is 11.1. The summed E-state index contributed by atoms with van der Waals surface area (Å²) in [6.07, 6.45) is -3.01. The Bertz CT molecular complexity index is 976. The zero-order chi connectivity index (χ0) is 19.4. The zero-order valence-corrected chi connectivity index (χ0v) is 15.3. The van der Waals surface area contributed by atoms with Gasteiger partial charge in [0, 0.05) is 16.4 Å². The van der Waals surface area contributed by atoms with Gasteiger partial charge in [-0.25, -0.2) is 4.98 Å². The highest BCUT2D eigenvalue weighted by Gasteiger charge is 2.30. The van der Waals surface area contributed by atoms with E-state index in [-0.39, 0.29) is 17.1 Å². The van der Waals surface area contributed by atoms with Crippen molar-refractivity contribution in [1.82, 2.24) is 4.98 Å². The Kier molecular flexibility index (Phi) is 5.46. The summed E-state index contributed by atoms with van der Waals surface area (Å²) in [7, 11) is 0. The number of pyridine rings is 1. The van der Waals surface area contributed by atoms with Gasteiger partial charge in [-0.2, -0.15) is 13.2 Å². The van der Waals surface area contributed by atoms with Gasteiger partial charge >= 0.3 is 6.18 Å². The zero-order valence-electron chi connectivity index (χ0n) is 13.7. The summed E-state index contributed by atoms with van der Waals surface area (Å²) in [6.45, 7) is 0. The summed E-state index contributed by atoms with van der Waals surface area (Å²) in [5.41, 5.74) is 0.156. The van der Waals surface area contributed by atoms with Gasteiger partial charge in [0.05, 0.1) is 16.8 Å². The Hall–Kier alpha value is -2.87. The van der Waals surface area contributed by atoms with Crippen molar-refractivity contribution in [1.29, 1.82) is 0 Å². The highest BCUT2D eigenvalue weighted by atomic mass is 79.9. The van der Waals surface area contributed by atoms with Gasteiger partial charge in [-0.1, -0.05) is 18.2 Å². The molecule has 8 heteroatoms. The Morgan fingerprint density at radius 1 is 1.00 bits per heavy atom. The number of benzene rings is 2. The number of alkyl halides is 3. The summed E-state index contributed by atoms with van der Waals surface area (Å²) in [5, 5.41) is 5.53. The molecule has 0 spiro atoms. The number of nitrogens with zero attached hydrogens (tertiary/aromatic N) is 1. The summed E-state index contributed by atoms with van der Waals surface area (Å²) in [5.74, 6) is -0.286. The molecule has 0 aliphatic rings. The molecular weight excluding hydrogens is 423 g/mol. The Morgan fingerprint density at radius 3 is 2.52 bits per heavy atom. The second-order valence-corrected chi connectivity index (χ2v) is 6.39. The lowest BCUT2D eigenvalue weighted by molar-refractivity contribution is -0.137. The van der Waals surface area contributed by atoms with Gasteiger partial charge in [0.15, 0.2) is 0 Å². The van der Waals surface area contributed by atoms with Gasteiger partial charge in [-0.3, -0.25) is 4.79 Å². The first-order valence-corrected chi connectivity index (χ1v) is 8.59. The topological polar surface area (TPSA) is 54.0 Å². The van der Waals surface area contributed by atoms with Crippen LogP contribution < -0.4 is 10.6 Å². The fraction of sp³-hybridized carbons (Fsp3) is 0.0526. The SMILES string of the molecule is O=C(Nc1ccccc1Br)c1cccnc1Nc1cccc(C(F)(F)F)c1. The summed E-state index contributed by atoms with van der Waals surface area (Å²) < 4.78 is 39.4. The number of carbonyl (C=O) groups is 1. The van der Waals surface area contributed by atoms with Crippen molar-refractivity contribution in [3.63, 3.8) is 0 Å². The Morgan fingerprint density at radius 2 is 1.78 bits per heavy atom. The minimum Gasteiger partial charge on any atom is -0.340 e. The Labute approximate surface area is 161 Å². The molecule has 3 aromatic rings. The van der Waals surface area contributed by atoms with Crippen LogP contribution in [0.5, 0.6) is 0 Å². The van der Waals surface area contributed by atoms with Crippen LogP contribution >= 0.6 is 15.9 Å². The van der Waals surface area contributed by atoms with E-state index in [0.29, 0.717) is 10.2 Å². The Balaban J connectivity index is 1.86. The molecule has 2 N–H and O–H groups in total. The average molecular weight is 436 g/mol. The van der Waals surface area contributed by atoms with E-state index in [9.17, 15) is 18.0 Å². The largest absolute Gasteiger partial charge is 0.416 e. The summed E-state index contributed by atoms with van der Waals surface area (Å²) >= 11 is 3.34. The quantitative estimate of drug-likeness (QED) is 0.539. The fourth-order valence-electron chi connectivity index (χ4n) is 2.35. The van der Waals surface area contributed by atoms with Crippen LogP contribution in [0.1, 0.15) is 15.9 Å². The third kappa shape index (κ3) is 4.65. The van der Waals surface area contributed by atoms with Crippen LogP contribution in [0, 0.1) is 0 Å². The number of amides is 1. The lowest BCUT2D eigenvalue weighted by atomic mass is 10.1. The first kappa shape index (κ1) is 18.9. The van der Waals surface area contributed by atoms with Gasteiger partial charge in [0.2, 0.25) is 0 Å². The summed E-state index contributed by atoms with van der Waals surface area (Å²) in [6, 6.07) is 14.9. The van der Waals surface area contributed by atoms with E-state index in [0.717, 1.165) is 12.1 Å². The molecule has 3 rings (SSSR count). The predicted octanol–water partition coefficient (Wildman–Crippen LogP) is 5.86. The third-order valence-corrected chi connectivity index (χ3v) is 4.32. The third-order valence-electron chi connectivity index (χ3n) is 3.63. The molecule has 2 aromatic carbocycles. The molecule has 0 atom stereocenters. The van der Waals surface area contributed by atoms with Crippen LogP contribution in [0.3, 0.4) is 0 Å². The van der Waals surface area contributed by atoms with Crippen molar-refractivity contribution in [2.24, 2.45) is 0 Å². The standard InChI is InChI=1S/C19H13BrF3N3O/c20-15-8-1-2-9-16(15)26-18(27)14-7-4-10-24-17(14)25-13-6-3-5-12(11-13)19(21,22)23/h1-11H,(H,24,25)(H,26,27). The first-order chi connectivity index (χ1) is 12.8. The van der Waals surface area contributed by atoms with Crippen molar-refractivity contribution in [3.8, 4) is 0 Å². The number of carbonyl (C=O) groups excluding carboxylic acids is 1. The number of aromatic nitrogens is 1. The maximum Gasteiger partial charge on any atom is 0.416 e. The molecule has 27 heavy (non-hydrogen) atoms. The van der Waals surface area contributed by atoms with Crippen LogP contribution in [-0.2, 0) is 6.18 Å². The summed E-state index contributed by atoms with van der Waals surface area (Å²) in [4.78, 5) is 16.7. The van der Waals surface area contributed by atoms with Gasteiger partial charge in [-0.05, 0) is 58.4 Å². The molecule has 0 fully saturated rings. The number of anilines is 3. The minimum atomic E-state index is -4.46. The molecule has 4 nitrogen and oxygen atoms in total. The van der Waals surface area contributed by atoms with Crippen molar-refractivity contribution < 1.29 is 18.0 Å². The minimum absolute atomic E-state index is 0.154. The van der Waals surface area contributed by atoms with E-state index in [1.807, 2.05) is 6.07 Å². The molecule has 0 saturated heterocycles. The number of halogens is 4. The molecule has 1 amide bonds. The number of hydrogen-bond donors (Lipinski definition) is 2. The van der Waals surface area contributed by atoms with Crippen LogP contribution in [0.4, 0.5) is 30.4 Å². The molecule has 0 aliphatic carbocycles. The van der Waals surface area contributed by atoms with Crippen LogP contribution in [-0.4, -0.2) is 10.9 Å². The highest BCUT2D eigenvalue weighted by Crippen LogP contribution is 2.31. The molecule has 1 heterocycles. The van der Waals surface area contributed by atoms with Crippen molar-refractivity contribution >= 4 is 39.0 Å². The average Bonchev–Trinajstić information content (AvgIpc) is 2.63. The number of para-hydroxylation sites is 1. The van der Waals surface area contributed by atoms with Gasteiger partial charge < -0.3 is 10.6 Å². The first-order valence-electron chi connectivity index (χ1n) is 7.80. The molecule has 0 saturated carbocycles. The maximum atomic E-state index is 12.9. The van der Waals surface area contributed by atoms with E-state index in [4.69, 9.17) is 0 Å². The monoisotopic (exact) mass is 435 g/mol. The van der Waals surface area contributed by atoms with E-state index < -0.39 is 17.6 Å². The number of hydrogen-bond acceptors (Lipinski definition) is 3. The van der Waals surface area contributed by atoms with Crippen LogP contribution in [0.2, 0.25) is 0 Å². The highest BCUT2D eigenvalue weighted by molar-refractivity contribution is 9.10. The molecule has 0 aliphatic heterocycles. The fourth-order valence-corrected chi connectivity index (χ4v) is 2.73.